The molecule has 14 heteroatoms. The van der Waals surface area contributed by atoms with E-state index in [2.05, 4.69) is 4.99 Å². The number of carbonyl (C=O) groups is 2. The van der Waals surface area contributed by atoms with Crippen molar-refractivity contribution in [3.8, 4) is 0 Å². The number of likely N-dealkylation sites (tertiary alicyclic amines) is 1. The molecule has 2 fully saturated rings. The summed E-state index contributed by atoms with van der Waals surface area (Å²) in [4.78, 5) is 31.5. The first kappa shape index (κ1) is 24.9. The first-order valence-electron chi connectivity index (χ1n) is 10.4. The average molecular weight is 514 g/mol. The van der Waals surface area contributed by atoms with Crippen molar-refractivity contribution >= 4 is 33.4 Å². The van der Waals surface area contributed by atoms with E-state index in [1.807, 2.05) is 0 Å². The second-order valence-electron chi connectivity index (χ2n) is 8.66. The minimum absolute atomic E-state index is 0.0307. The van der Waals surface area contributed by atoms with Crippen LogP contribution in [-0.4, -0.2) is 72.1 Å². The first-order valence-corrected chi connectivity index (χ1v) is 12.2. The van der Waals surface area contributed by atoms with E-state index in [-0.39, 0.29) is 29.4 Å². The van der Waals surface area contributed by atoms with E-state index in [4.69, 9.17) is 10.3 Å². The molecule has 1 aromatic rings. The molecule has 1 saturated heterocycles. The van der Waals surface area contributed by atoms with E-state index in [1.54, 1.807) is 4.90 Å². The number of aliphatic imine (C=N–C) groups is 1. The minimum Gasteiger partial charge on any atom is -0.478 e. The zero-order chi connectivity index (χ0) is 25.8. The van der Waals surface area contributed by atoms with Crippen LogP contribution >= 0.6 is 0 Å². The predicted octanol–water partition coefficient (Wildman–Crippen LogP) is 0.923. The third-order valence-electron chi connectivity index (χ3n) is 6.21. The van der Waals surface area contributed by atoms with Crippen LogP contribution in [0.15, 0.2) is 46.9 Å². The Morgan fingerprint density at radius 3 is 2.34 bits per heavy atom. The van der Waals surface area contributed by atoms with Gasteiger partial charge in [0.05, 0.1) is 17.9 Å². The van der Waals surface area contributed by atoms with Gasteiger partial charge in [0.25, 0.3) is 10.1 Å². The summed E-state index contributed by atoms with van der Waals surface area (Å²) in [6, 6.07) is 2.87. The lowest BCUT2D eigenvalue weighted by molar-refractivity contribution is -0.135. The predicted molar refractivity (Wildman–Crippen MR) is 117 cm³/mol. The number of halogens is 3. The van der Waals surface area contributed by atoms with Crippen LogP contribution < -0.4 is 10.6 Å². The molecule has 1 saturated carbocycles. The highest BCUT2D eigenvalue weighted by Gasteiger charge is 2.55. The largest absolute Gasteiger partial charge is 0.478 e. The molecular weight excluding hydrogens is 493 g/mol. The van der Waals surface area contributed by atoms with Crippen molar-refractivity contribution in [1.29, 1.82) is 0 Å². The average Bonchev–Trinajstić information content (AvgIpc) is 3.14. The smallest absolute Gasteiger partial charge is 0.340 e. The number of dihydropyridines is 1. The minimum atomic E-state index is -3.67. The van der Waals surface area contributed by atoms with Crippen LogP contribution in [0.1, 0.15) is 0 Å². The van der Waals surface area contributed by atoms with Gasteiger partial charge in [-0.25, -0.2) is 23.0 Å². The number of carboxylic acids is 1. The molecular formula is C21H21F3N4O6S. The summed E-state index contributed by atoms with van der Waals surface area (Å²) in [6.07, 6.45) is 1.62. The second-order valence-corrected chi connectivity index (χ2v) is 10.1. The lowest BCUT2D eigenvalue weighted by atomic mass is 9.88. The van der Waals surface area contributed by atoms with Crippen molar-refractivity contribution in [2.75, 3.05) is 24.2 Å². The molecule has 10 nitrogen and oxygen atoms in total. The molecule has 5 atom stereocenters. The molecule has 1 aromatic carbocycles. The molecule has 4 N–H and O–H groups in total. The lowest BCUT2D eigenvalue weighted by Crippen LogP contribution is -2.49. The van der Waals surface area contributed by atoms with Crippen LogP contribution in [0, 0.1) is 29.4 Å². The Hall–Kier alpha value is -3.23. The summed E-state index contributed by atoms with van der Waals surface area (Å²) in [7, 11) is -3.67. The SMILES string of the molecule is CS(=O)(=O)O.NC1[C@H]2CN(C3=NC4C(C=C3F)C(=O)C(C(=O)O)=CN4c3ccc(F)cc3F)C[C@@H]12. The Morgan fingerprint density at radius 1 is 1.20 bits per heavy atom. The molecule has 3 aliphatic heterocycles. The Kier molecular flexibility index (Phi) is 6.23. The number of amidine groups is 1. The first-order chi connectivity index (χ1) is 16.3. The van der Waals surface area contributed by atoms with Crippen molar-refractivity contribution in [1.82, 2.24) is 4.90 Å². The summed E-state index contributed by atoms with van der Waals surface area (Å²) < 4.78 is 68.6. The standard InChI is InChI=1S/C20H17F3N4O3.CH4O3S/c21-8-1-2-15(13(22)3-8)27-7-12(20(29)30)17(28)9-4-14(23)19(25-18(9)27)26-5-10-11(6-26)16(10)24;1-5(2,3)4/h1-4,7,9-11,16,18H,5-6,24H2,(H,29,30);1H3,(H,2,3,4)/t9?,10-,11+,16?,18?;. The van der Waals surface area contributed by atoms with Crippen LogP contribution in [-0.2, 0) is 19.7 Å². The van der Waals surface area contributed by atoms with Gasteiger partial charge in [-0.1, -0.05) is 0 Å². The highest BCUT2D eigenvalue weighted by Crippen LogP contribution is 2.45. The van der Waals surface area contributed by atoms with E-state index in [1.165, 1.54) is 0 Å². The van der Waals surface area contributed by atoms with Gasteiger partial charge in [-0.15, -0.1) is 0 Å². The van der Waals surface area contributed by atoms with Gasteiger partial charge in [0.15, 0.2) is 17.4 Å². The number of rotatable bonds is 2. The number of anilines is 1. The molecule has 5 rings (SSSR count). The quantitative estimate of drug-likeness (QED) is 0.386. The van der Waals surface area contributed by atoms with Gasteiger partial charge in [0, 0.05) is 31.4 Å². The van der Waals surface area contributed by atoms with E-state index in [0.717, 1.165) is 29.3 Å². The zero-order valence-corrected chi connectivity index (χ0v) is 19.0. The van der Waals surface area contributed by atoms with Gasteiger partial charge < -0.3 is 20.6 Å². The molecule has 1 aliphatic carbocycles. The lowest BCUT2D eigenvalue weighted by Gasteiger charge is -2.39. The van der Waals surface area contributed by atoms with Crippen LogP contribution in [0.4, 0.5) is 18.9 Å². The summed E-state index contributed by atoms with van der Waals surface area (Å²) in [5.41, 5.74) is 5.14. The maximum Gasteiger partial charge on any atom is 0.340 e. The number of carbonyl (C=O) groups excluding carboxylic acids is 1. The van der Waals surface area contributed by atoms with Crippen LogP contribution in [0.25, 0.3) is 0 Å². The van der Waals surface area contributed by atoms with Crippen molar-refractivity contribution in [3.05, 3.63) is 53.5 Å². The number of nitrogens with zero attached hydrogens (tertiary/aromatic N) is 3. The Labute approximate surface area is 198 Å². The third-order valence-corrected chi connectivity index (χ3v) is 6.21. The van der Waals surface area contributed by atoms with Gasteiger partial charge in [-0.2, -0.15) is 8.42 Å². The zero-order valence-electron chi connectivity index (χ0n) is 18.2. The molecule has 3 heterocycles. The molecule has 0 amide bonds. The van der Waals surface area contributed by atoms with Crippen molar-refractivity contribution < 1.29 is 40.8 Å². The van der Waals surface area contributed by atoms with Crippen molar-refractivity contribution in [3.63, 3.8) is 0 Å². The number of hydrogen-bond donors (Lipinski definition) is 3. The van der Waals surface area contributed by atoms with E-state index >= 15 is 0 Å². The highest BCUT2D eigenvalue weighted by molar-refractivity contribution is 7.85. The number of ketones is 1. The van der Waals surface area contributed by atoms with Gasteiger partial charge in [-0.3, -0.25) is 9.35 Å². The molecule has 35 heavy (non-hydrogen) atoms. The maximum absolute atomic E-state index is 14.9. The van der Waals surface area contributed by atoms with Crippen LogP contribution in [0.5, 0.6) is 0 Å². The number of nitrogens with two attached hydrogens (primary N) is 1. The topological polar surface area (TPSA) is 154 Å². The normalized spacial score (nSPS) is 29.3. The Balaban J connectivity index is 0.000000527. The fourth-order valence-corrected chi connectivity index (χ4v) is 4.53. The van der Waals surface area contributed by atoms with Gasteiger partial charge >= 0.3 is 5.97 Å². The fourth-order valence-electron chi connectivity index (χ4n) is 4.53. The van der Waals surface area contributed by atoms with Crippen molar-refractivity contribution in [2.45, 2.75) is 12.2 Å². The van der Waals surface area contributed by atoms with Crippen LogP contribution in [0.2, 0.25) is 0 Å². The second kappa shape index (κ2) is 8.77. The number of piperidine rings is 1. The van der Waals surface area contributed by atoms with E-state index in [9.17, 15) is 36.3 Å². The fraction of sp³-hybridized carbons (Fsp3) is 0.381. The molecule has 0 bridgehead atoms. The summed E-state index contributed by atoms with van der Waals surface area (Å²) >= 11 is 0. The van der Waals surface area contributed by atoms with Gasteiger partial charge in [0.1, 0.15) is 23.4 Å². The number of fused-ring (bicyclic) bond motifs is 2. The molecule has 188 valence electrons. The molecule has 3 unspecified atom stereocenters. The number of aliphatic carboxylic acids is 1. The highest BCUT2D eigenvalue weighted by atomic mass is 32.2. The number of carboxylic acid groups (broad SMARTS) is 1. The monoisotopic (exact) mass is 514 g/mol. The summed E-state index contributed by atoms with van der Waals surface area (Å²) in [5.74, 6) is -5.55. The van der Waals surface area contributed by atoms with Gasteiger partial charge in [0.2, 0.25) is 0 Å². The van der Waals surface area contributed by atoms with Crippen molar-refractivity contribution in [2.24, 2.45) is 28.5 Å². The molecule has 4 aliphatic rings. The van der Waals surface area contributed by atoms with Crippen LogP contribution in [0.3, 0.4) is 0 Å². The molecule has 0 aromatic heterocycles. The molecule has 0 spiro atoms. The third kappa shape index (κ3) is 4.94. The Bertz CT molecular complexity index is 1280. The maximum atomic E-state index is 14.9. The number of hydrogen-bond acceptors (Lipinski definition) is 8. The summed E-state index contributed by atoms with van der Waals surface area (Å²) in [6.45, 7) is 1.05. The molecule has 0 radical (unpaired) electrons. The van der Waals surface area contributed by atoms with Gasteiger partial charge in [-0.05, 0) is 30.0 Å². The number of Topliss-reactive ketones (excluding diaryl/α,β-unsaturated/α-hetero) is 1. The van der Waals surface area contributed by atoms with E-state index in [0.29, 0.717) is 25.4 Å². The number of benzene rings is 1. The summed E-state index contributed by atoms with van der Waals surface area (Å²) in [5, 5.41) is 9.39. The van der Waals surface area contributed by atoms with E-state index < -0.39 is 57.0 Å². The Morgan fingerprint density at radius 2 is 1.80 bits per heavy atom.